The van der Waals surface area contributed by atoms with E-state index in [1.807, 2.05) is 4.90 Å². The number of morpholine rings is 1. The van der Waals surface area contributed by atoms with E-state index < -0.39 is 12.1 Å². The van der Waals surface area contributed by atoms with E-state index in [2.05, 4.69) is 5.32 Å². The van der Waals surface area contributed by atoms with Gasteiger partial charge in [0.1, 0.15) is 5.00 Å². The van der Waals surface area contributed by atoms with Gasteiger partial charge in [0.15, 0.2) is 0 Å². The molecule has 0 spiro atoms. The van der Waals surface area contributed by atoms with Crippen molar-refractivity contribution in [1.29, 1.82) is 0 Å². The predicted octanol–water partition coefficient (Wildman–Crippen LogP) is 1.57. The quantitative estimate of drug-likeness (QED) is 0.767. The fraction of sp³-hybridized carbons (Fsp3) is 0.647. The number of nitrogens with zero attached hydrogens (tertiary/aromatic N) is 1. The Balaban J connectivity index is 1.79. The molecule has 138 valence electrons. The Morgan fingerprint density at radius 3 is 2.88 bits per heavy atom. The number of carbonyl (C=O) groups excluding carboxylic acids is 2. The van der Waals surface area contributed by atoms with E-state index in [-0.39, 0.29) is 19.1 Å². The van der Waals surface area contributed by atoms with Crippen LogP contribution >= 0.6 is 11.3 Å². The summed E-state index contributed by atoms with van der Waals surface area (Å²) in [6.45, 7) is 4.98. The van der Waals surface area contributed by atoms with Crippen molar-refractivity contribution in [2.75, 3.05) is 44.8 Å². The highest BCUT2D eigenvalue weighted by Crippen LogP contribution is 2.42. The Labute approximate surface area is 150 Å². The smallest absolute Gasteiger partial charge is 0.341 e. The number of rotatable bonds is 5. The first-order chi connectivity index (χ1) is 12.1. The van der Waals surface area contributed by atoms with E-state index in [0.717, 1.165) is 36.4 Å². The molecule has 7 nitrogen and oxygen atoms in total. The summed E-state index contributed by atoms with van der Waals surface area (Å²) in [7, 11) is 0. The van der Waals surface area contributed by atoms with E-state index in [1.54, 1.807) is 6.92 Å². The van der Waals surface area contributed by atoms with Gasteiger partial charge in [-0.1, -0.05) is 0 Å². The Kier molecular flexibility index (Phi) is 6.06. The number of amides is 1. The first kappa shape index (κ1) is 18.3. The number of hydrogen-bond acceptors (Lipinski definition) is 7. The monoisotopic (exact) mass is 368 g/mol. The summed E-state index contributed by atoms with van der Waals surface area (Å²) in [6.07, 6.45) is 1.64. The molecule has 1 amide bonds. The maximum atomic E-state index is 12.4. The summed E-state index contributed by atoms with van der Waals surface area (Å²) in [4.78, 5) is 27.6. The lowest BCUT2D eigenvalue weighted by molar-refractivity contribution is -0.118. The standard InChI is InChI=1S/C17H24N2O5S/c1-2-24-17(22)14-11-4-3-5-12(20)15(11)25-16(14)18-13(21)10-19-6-8-23-9-7-19/h12,20H,2-10H2,1H3,(H,18,21). The van der Waals surface area contributed by atoms with Crippen LogP contribution in [0.5, 0.6) is 0 Å². The van der Waals surface area contributed by atoms with Gasteiger partial charge in [0.2, 0.25) is 5.91 Å². The van der Waals surface area contributed by atoms with Crippen molar-refractivity contribution in [3.05, 3.63) is 16.0 Å². The SMILES string of the molecule is CCOC(=O)c1c(NC(=O)CN2CCOCC2)sc2c1CCCC2O. The first-order valence-electron chi connectivity index (χ1n) is 8.70. The number of carbonyl (C=O) groups is 2. The third-order valence-electron chi connectivity index (χ3n) is 4.45. The molecule has 1 atom stereocenters. The molecule has 1 aromatic rings. The van der Waals surface area contributed by atoms with E-state index in [4.69, 9.17) is 9.47 Å². The summed E-state index contributed by atoms with van der Waals surface area (Å²) in [6, 6.07) is 0. The summed E-state index contributed by atoms with van der Waals surface area (Å²) in [5.41, 5.74) is 1.24. The predicted molar refractivity (Wildman–Crippen MR) is 94.1 cm³/mol. The van der Waals surface area contributed by atoms with Crippen LogP contribution in [0.1, 0.15) is 46.7 Å². The number of thiophene rings is 1. The van der Waals surface area contributed by atoms with Crippen molar-refractivity contribution in [1.82, 2.24) is 4.90 Å². The molecule has 1 aliphatic heterocycles. The summed E-state index contributed by atoms with van der Waals surface area (Å²) >= 11 is 1.29. The maximum Gasteiger partial charge on any atom is 0.341 e. The number of aliphatic hydroxyl groups is 1. The zero-order valence-corrected chi connectivity index (χ0v) is 15.2. The molecule has 0 bridgehead atoms. The number of nitrogens with one attached hydrogen (secondary N) is 1. The van der Waals surface area contributed by atoms with Gasteiger partial charge in [-0.3, -0.25) is 9.69 Å². The van der Waals surface area contributed by atoms with Crippen molar-refractivity contribution in [3.8, 4) is 0 Å². The zero-order chi connectivity index (χ0) is 17.8. The maximum absolute atomic E-state index is 12.4. The van der Waals surface area contributed by atoms with Gasteiger partial charge in [-0.25, -0.2) is 4.79 Å². The molecule has 1 unspecified atom stereocenters. The van der Waals surface area contributed by atoms with Crippen LogP contribution in [-0.2, 0) is 20.7 Å². The first-order valence-corrected chi connectivity index (χ1v) is 9.52. The molecule has 0 aromatic carbocycles. The van der Waals surface area contributed by atoms with Crippen LogP contribution in [0, 0.1) is 0 Å². The van der Waals surface area contributed by atoms with Crippen molar-refractivity contribution >= 4 is 28.2 Å². The van der Waals surface area contributed by atoms with Gasteiger partial charge in [-0.05, 0) is 31.7 Å². The van der Waals surface area contributed by atoms with Crippen molar-refractivity contribution in [2.24, 2.45) is 0 Å². The number of fused-ring (bicyclic) bond motifs is 1. The Morgan fingerprint density at radius 2 is 2.16 bits per heavy atom. The molecule has 2 aliphatic rings. The molecular weight excluding hydrogens is 344 g/mol. The molecule has 1 aliphatic carbocycles. The number of anilines is 1. The summed E-state index contributed by atoms with van der Waals surface area (Å²) in [5.74, 6) is -0.601. The van der Waals surface area contributed by atoms with E-state index >= 15 is 0 Å². The van der Waals surface area contributed by atoms with Gasteiger partial charge >= 0.3 is 5.97 Å². The molecule has 25 heavy (non-hydrogen) atoms. The molecule has 1 saturated heterocycles. The van der Waals surface area contributed by atoms with E-state index in [9.17, 15) is 14.7 Å². The minimum atomic E-state index is -0.577. The third-order valence-corrected chi connectivity index (χ3v) is 5.70. The highest BCUT2D eigenvalue weighted by molar-refractivity contribution is 7.17. The second-order valence-corrected chi connectivity index (χ2v) is 7.27. The lowest BCUT2D eigenvalue weighted by Crippen LogP contribution is -2.41. The minimum absolute atomic E-state index is 0.166. The van der Waals surface area contributed by atoms with Crippen LogP contribution in [0.15, 0.2) is 0 Å². The van der Waals surface area contributed by atoms with Gasteiger partial charge < -0.3 is 19.9 Å². The van der Waals surface area contributed by atoms with E-state index in [1.165, 1.54) is 11.3 Å². The van der Waals surface area contributed by atoms with Crippen molar-refractivity contribution in [2.45, 2.75) is 32.3 Å². The van der Waals surface area contributed by atoms with Gasteiger partial charge in [0.25, 0.3) is 0 Å². The van der Waals surface area contributed by atoms with Crippen molar-refractivity contribution < 1.29 is 24.2 Å². The summed E-state index contributed by atoms with van der Waals surface area (Å²) < 4.78 is 10.5. The minimum Gasteiger partial charge on any atom is -0.462 e. The average Bonchev–Trinajstić information content (AvgIpc) is 2.95. The molecular formula is C17H24N2O5S. The fourth-order valence-electron chi connectivity index (χ4n) is 3.24. The van der Waals surface area contributed by atoms with Gasteiger partial charge in [0, 0.05) is 18.0 Å². The van der Waals surface area contributed by atoms with Gasteiger partial charge in [-0.15, -0.1) is 11.3 Å². The molecule has 1 aromatic heterocycles. The number of hydrogen-bond donors (Lipinski definition) is 2. The van der Waals surface area contributed by atoms with Crippen LogP contribution in [-0.4, -0.2) is 61.3 Å². The van der Waals surface area contributed by atoms with Gasteiger partial charge in [-0.2, -0.15) is 0 Å². The lowest BCUT2D eigenvalue weighted by Gasteiger charge is -2.25. The van der Waals surface area contributed by atoms with E-state index in [0.29, 0.717) is 30.2 Å². The number of aliphatic hydroxyl groups excluding tert-OH is 1. The molecule has 2 heterocycles. The second kappa shape index (κ2) is 8.27. The fourth-order valence-corrected chi connectivity index (χ4v) is 4.51. The molecule has 2 N–H and O–H groups in total. The lowest BCUT2D eigenvalue weighted by atomic mass is 9.93. The molecule has 0 radical (unpaired) electrons. The van der Waals surface area contributed by atoms with Crippen LogP contribution in [0.25, 0.3) is 0 Å². The zero-order valence-electron chi connectivity index (χ0n) is 14.4. The number of ether oxygens (including phenoxy) is 2. The second-order valence-electron chi connectivity index (χ2n) is 6.21. The highest BCUT2D eigenvalue weighted by Gasteiger charge is 2.31. The normalized spacial score (nSPS) is 20.8. The molecule has 0 saturated carbocycles. The average molecular weight is 368 g/mol. The highest BCUT2D eigenvalue weighted by atomic mass is 32.1. The van der Waals surface area contributed by atoms with Gasteiger partial charge in [0.05, 0.1) is 38.0 Å². The Bertz CT molecular complexity index is 639. The van der Waals surface area contributed by atoms with Crippen LogP contribution in [0.4, 0.5) is 5.00 Å². The Morgan fingerprint density at radius 1 is 1.40 bits per heavy atom. The molecule has 1 fully saturated rings. The summed E-state index contributed by atoms with van der Waals surface area (Å²) in [5, 5.41) is 13.6. The molecule has 3 rings (SSSR count). The Hall–Kier alpha value is -1.48. The largest absolute Gasteiger partial charge is 0.462 e. The topological polar surface area (TPSA) is 88.1 Å². The molecule has 8 heteroatoms. The number of esters is 1. The third kappa shape index (κ3) is 4.20. The van der Waals surface area contributed by atoms with Crippen LogP contribution < -0.4 is 5.32 Å². The van der Waals surface area contributed by atoms with Crippen LogP contribution in [0.2, 0.25) is 0 Å². The van der Waals surface area contributed by atoms with Crippen molar-refractivity contribution in [3.63, 3.8) is 0 Å². The van der Waals surface area contributed by atoms with Crippen LogP contribution in [0.3, 0.4) is 0 Å².